The smallest absolute Gasteiger partial charge is 0.317 e. The number of nitrogens with one attached hydrogen (secondary N) is 1. The van der Waals surface area contributed by atoms with Crippen molar-refractivity contribution in [3.8, 4) is 0 Å². The number of benzene rings is 1. The van der Waals surface area contributed by atoms with Crippen molar-refractivity contribution in [1.29, 1.82) is 0 Å². The van der Waals surface area contributed by atoms with E-state index in [2.05, 4.69) is 29.4 Å². The molecule has 0 spiro atoms. The molecule has 1 atom stereocenters. The summed E-state index contributed by atoms with van der Waals surface area (Å²) in [7, 11) is 2.05. The summed E-state index contributed by atoms with van der Waals surface area (Å²) < 4.78 is 5.43. The summed E-state index contributed by atoms with van der Waals surface area (Å²) in [6.45, 7) is 3.94. The molecule has 2 aliphatic rings. The van der Waals surface area contributed by atoms with E-state index in [-0.39, 0.29) is 6.03 Å². The van der Waals surface area contributed by atoms with Gasteiger partial charge in [-0.25, -0.2) is 4.79 Å². The molecule has 0 radical (unpaired) electrons. The molecule has 0 aromatic heterocycles. The molecule has 2 fully saturated rings. The van der Waals surface area contributed by atoms with E-state index in [1.54, 1.807) is 0 Å². The van der Waals surface area contributed by atoms with Gasteiger partial charge in [0.15, 0.2) is 0 Å². The highest BCUT2D eigenvalue weighted by molar-refractivity contribution is 5.75. The second-order valence-corrected chi connectivity index (χ2v) is 6.60. The van der Waals surface area contributed by atoms with Gasteiger partial charge in [-0.1, -0.05) is 18.2 Å². The van der Waals surface area contributed by atoms with Gasteiger partial charge in [-0.05, 0) is 31.4 Å². The van der Waals surface area contributed by atoms with Crippen LogP contribution in [0.3, 0.4) is 0 Å². The van der Waals surface area contributed by atoms with Gasteiger partial charge in [0, 0.05) is 50.9 Å². The predicted octanol–water partition coefficient (Wildman–Crippen LogP) is 2.33. The minimum atomic E-state index is 0.0841. The Balaban J connectivity index is 1.43. The van der Waals surface area contributed by atoms with Crippen LogP contribution in [0.5, 0.6) is 0 Å². The van der Waals surface area contributed by atoms with Crippen LogP contribution < -0.4 is 10.2 Å². The fraction of sp³-hybridized carbons (Fsp3) is 0.611. The van der Waals surface area contributed by atoms with Gasteiger partial charge in [0.25, 0.3) is 0 Å². The minimum Gasteiger partial charge on any atom is -0.381 e. The van der Waals surface area contributed by atoms with E-state index in [9.17, 15) is 4.79 Å². The summed E-state index contributed by atoms with van der Waals surface area (Å²) in [5, 5.41) is 3.08. The third-order valence-electron chi connectivity index (χ3n) is 4.65. The van der Waals surface area contributed by atoms with Crippen LogP contribution in [-0.2, 0) is 4.74 Å². The Labute approximate surface area is 138 Å². The van der Waals surface area contributed by atoms with Crippen LogP contribution in [-0.4, -0.2) is 56.9 Å². The average Bonchev–Trinajstić information content (AvgIpc) is 3.29. The highest BCUT2D eigenvalue weighted by Crippen LogP contribution is 2.28. The van der Waals surface area contributed by atoms with E-state index >= 15 is 0 Å². The van der Waals surface area contributed by atoms with E-state index in [1.807, 2.05) is 23.1 Å². The predicted molar refractivity (Wildman–Crippen MR) is 91.8 cm³/mol. The molecular weight excluding hydrogens is 290 g/mol. The van der Waals surface area contributed by atoms with E-state index in [0.717, 1.165) is 45.6 Å². The Morgan fingerprint density at radius 1 is 1.26 bits per heavy atom. The highest BCUT2D eigenvalue weighted by atomic mass is 16.5. The third-order valence-corrected chi connectivity index (χ3v) is 4.65. The molecule has 126 valence electrons. The molecule has 1 aliphatic heterocycles. The number of likely N-dealkylation sites (N-methyl/N-ethyl adjacent to an activating group) is 1. The van der Waals surface area contributed by atoms with Crippen molar-refractivity contribution in [2.24, 2.45) is 5.92 Å². The first-order chi connectivity index (χ1) is 11.2. The topological polar surface area (TPSA) is 44.8 Å². The second kappa shape index (κ2) is 7.68. The second-order valence-electron chi connectivity index (χ2n) is 6.60. The summed E-state index contributed by atoms with van der Waals surface area (Å²) in [6.07, 6.45) is 3.36. The number of carbonyl (C=O) groups excluding carboxylic acids is 1. The molecule has 0 bridgehead atoms. The lowest BCUT2D eigenvalue weighted by Gasteiger charge is -2.26. The summed E-state index contributed by atoms with van der Waals surface area (Å²) in [6, 6.07) is 10.8. The number of rotatable bonds is 7. The van der Waals surface area contributed by atoms with Crippen LogP contribution in [0.4, 0.5) is 10.5 Å². The first-order valence-electron chi connectivity index (χ1n) is 8.62. The fourth-order valence-electron chi connectivity index (χ4n) is 3.03. The van der Waals surface area contributed by atoms with Crippen LogP contribution in [0.2, 0.25) is 0 Å². The Morgan fingerprint density at radius 3 is 2.70 bits per heavy atom. The van der Waals surface area contributed by atoms with Crippen LogP contribution in [0, 0.1) is 5.92 Å². The summed E-state index contributed by atoms with van der Waals surface area (Å²) in [4.78, 5) is 16.7. The Hall–Kier alpha value is -1.75. The van der Waals surface area contributed by atoms with E-state index in [4.69, 9.17) is 4.74 Å². The molecule has 3 rings (SSSR count). The van der Waals surface area contributed by atoms with E-state index in [1.165, 1.54) is 5.69 Å². The van der Waals surface area contributed by atoms with Crippen LogP contribution in [0.15, 0.2) is 30.3 Å². The first-order valence-corrected chi connectivity index (χ1v) is 8.62. The first kappa shape index (κ1) is 16.1. The molecule has 1 aliphatic carbocycles. The molecule has 2 amide bonds. The molecule has 1 aromatic rings. The highest BCUT2D eigenvalue weighted by Gasteiger charge is 2.34. The average molecular weight is 317 g/mol. The number of hydrogen-bond acceptors (Lipinski definition) is 3. The lowest BCUT2D eigenvalue weighted by Crippen LogP contribution is -2.45. The zero-order valence-electron chi connectivity index (χ0n) is 13.9. The number of para-hydroxylation sites is 1. The zero-order chi connectivity index (χ0) is 16.1. The van der Waals surface area contributed by atoms with Crippen LogP contribution in [0.1, 0.15) is 19.3 Å². The molecule has 1 saturated carbocycles. The Morgan fingerprint density at radius 2 is 2.04 bits per heavy atom. The zero-order valence-corrected chi connectivity index (χ0v) is 13.9. The van der Waals surface area contributed by atoms with Crippen molar-refractivity contribution in [3.05, 3.63) is 30.3 Å². The van der Waals surface area contributed by atoms with Crippen molar-refractivity contribution in [2.45, 2.75) is 25.3 Å². The fourth-order valence-corrected chi connectivity index (χ4v) is 3.03. The normalized spacial score (nSPS) is 20.3. The molecule has 1 aromatic carbocycles. The SMILES string of the molecule is CN(CCNC(=O)N(CC1CCOC1)C1CC1)c1ccccc1. The van der Waals surface area contributed by atoms with E-state index in [0.29, 0.717) is 18.5 Å². The number of nitrogens with zero attached hydrogens (tertiary/aromatic N) is 2. The monoisotopic (exact) mass is 317 g/mol. The molecule has 5 nitrogen and oxygen atoms in total. The number of amides is 2. The number of urea groups is 1. The molecule has 1 unspecified atom stereocenters. The van der Waals surface area contributed by atoms with Gasteiger partial charge in [0.2, 0.25) is 0 Å². The van der Waals surface area contributed by atoms with E-state index < -0.39 is 0 Å². The van der Waals surface area contributed by atoms with Gasteiger partial charge in [-0.3, -0.25) is 0 Å². The maximum absolute atomic E-state index is 12.5. The standard InChI is InChI=1S/C18H27N3O2/c1-20(16-5-3-2-4-6-16)11-10-19-18(22)21(17-7-8-17)13-15-9-12-23-14-15/h2-6,15,17H,7-14H2,1H3,(H,19,22). The summed E-state index contributed by atoms with van der Waals surface area (Å²) >= 11 is 0. The number of ether oxygens (including phenoxy) is 1. The van der Waals surface area contributed by atoms with Crippen LogP contribution in [0.25, 0.3) is 0 Å². The van der Waals surface area contributed by atoms with Gasteiger partial charge in [-0.15, -0.1) is 0 Å². The quantitative estimate of drug-likeness (QED) is 0.839. The third kappa shape index (κ3) is 4.61. The maximum Gasteiger partial charge on any atom is 0.317 e. The summed E-state index contributed by atoms with van der Waals surface area (Å²) in [5.74, 6) is 0.508. The Kier molecular flexibility index (Phi) is 5.39. The molecule has 1 N–H and O–H groups in total. The molecule has 5 heteroatoms. The van der Waals surface area contributed by atoms with Crippen molar-refractivity contribution in [1.82, 2.24) is 10.2 Å². The minimum absolute atomic E-state index is 0.0841. The van der Waals surface area contributed by atoms with Crippen molar-refractivity contribution in [3.63, 3.8) is 0 Å². The van der Waals surface area contributed by atoms with Crippen molar-refractivity contribution in [2.75, 3.05) is 44.8 Å². The maximum atomic E-state index is 12.5. The summed E-state index contributed by atoms with van der Waals surface area (Å²) in [5.41, 5.74) is 1.17. The molecule has 1 heterocycles. The van der Waals surface area contributed by atoms with Crippen molar-refractivity contribution < 1.29 is 9.53 Å². The molecular formula is C18H27N3O2. The molecule has 1 saturated heterocycles. The van der Waals surface area contributed by atoms with Gasteiger partial charge in [0.05, 0.1) is 6.61 Å². The lowest BCUT2D eigenvalue weighted by atomic mass is 10.1. The number of carbonyl (C=O) groups is 1. The van der Waals surface area contributed by atoms with Gasteiger partial charge in [0.1, 0.15) is 0 Å². The largest absolute Gasteiger partial charge is 0.381 e. The Bertz CT molecular complexity index is 498. The van der Waals surface area contributed by atoms with Crippen LogP contribution >= 0.6 is 0 Å². The number of hydrogen-bond donors (Lipinski definition) is 1. The van der Waals surface area contributed by atoms with Crippen molar-refractivity contribution >= 4 is 11.7 Å². The van der Waals surface area contributed by atoms with Gasteiger partial charge >= 0.3 is 6.03 Å². The van der Waals surface area contributed by atoms with Gasteiger partial charge in [-0.2, -0.15) is 0 Å². The number of anilines is 1. The molecule has 23 heavy (non-hydrogen) atoms. The lowest BCUT2D eigenvalue weighted by molar-refractivity contribution is 0.162. The van der Waals surface area contributed by atoms with Gasteiger partial charge < -0.3 is 19.9 Å².